The normalized spacial score (nSPS) is 16.8. The number of aromatic carboxylic acids is 1. The molecular formula is C24H18F2N2O5. The summed E-state index contributed by atoms with van der Waals surface area (Å²) in [4.78, 5) is 28.8. The van der Waals surface area contributed by atoms with Gasteiger partial charge in [-0.2, -0.15) is 0 Å². The average molecular weight is 452 g/mol. The lowest BCUT2D eigenvalue weighted by Crippen LogP contribution is -2.35. The number of benzene rings is 2. The van der Waals surface area contributed by atoms with Gasteiger partial charge in [0.05, 0.1) is 16.8 Å². The number of aromatic nitrogens is 1. The Balaban J connectivity index is 1.41. The summed E-state index contributed by atoms with van der Waals surface area (Å²) in [7, 11) is 0. The molecule has 33 heavy (non-hydrogen) atoms. The molecule has 168 valence electrons. The van der Waals surface area contributed by atoms with Gasteiger partial charge in [0.25, 0.3) is 5.91 Å². The summed E-state index contributed by atoms with van der Waals surface area (Å²) in [5.41, 5.74) is 2.08. The van der Waals surface area contributed by atoms with Crippen LogP contribution in [0.15, 0.2) is 54.6 Å². The lowest BCUT2D eigenvalue weighted by molar-refractivity contribution is -0.286. The monoisotopic (exact) mass is 452 g/mol. The number of halogens is 2. The number of amides is 1. The van der Waals surface area contributed by atoms with Crippen molar-refractivity contribution < 1.29 is 33.0 Å². The smallest absolute Gasteiger partial charge is 0.478 e. The van der Waals surface area contributed by atoms with Crippen LogP contribution in [-0.2, 0) is 5.54 Å². The molecule has 2 N–H and O–H groups in total. The second kappa shape index (κ2) is 7.26. The minimum atomic E-state index is -3.71. The zero-order valence-electron chi connectivity index (χ0n) is 17.4. The van der Waals surface area contributed by atoms with Crippen molar-refractivity contribution in [3.8, 4) is 22.8 Å². The maximum atomic E-state index is 13.3. The Kier molecular flexibility index (Phi) is 4.59. The lowest BCUT2D eigenvalue weighted by Gasteiger charge is -2.18. The highest BCUT2D eigenvalue weighted by Crippen LogP contribution is 2.50. The van der Waals surface area contributed by atoms with Crippen molar-refractivity contribution in [3.63, 3.8) is 0 Å². The van der Waals surface area contributed by atoms with E-state index in [9.17, 15) is 23.5 Å². The van der Waals surface area contributed by atoms with Gasteiger partial charge in [-0.1, -0.05) is 24.3 Å². The van der Waals surface area contributed by atoms with Crippen LogP contribution in [0.5, 0.6) is 11.5 Å². The molecule has 1 aliphatic carbocycles. The second-order valence-corrected chi connectivity index (χ2v) is 8.11. The van der Waals surface area contributed by atoms with Crippen LogP contribution in [0.25, 0.3) is 11.3 Å². The maximum absolute atomic E-state index is 13.3. The Morgan fingerprint density at radius 1 is 1.03 bits per heavy atom. The molecule has 2 heterocycles. The number of hydrogen-bond acceptors (Lipinski definition) is 5. The van der Waals surface area contributed by atoms with Crippen LogP contribution in [0, 0.1) is 6.92 Å². The quantitative estimate of drug-likeness (QED) is 0.592. The van der Waals surface area contributed by atoms with Gasteiger partial charge in [-0.15, -0.1) is 8.78 Å². The molecule has 0 radical (unpaired) electrons. The molecule has 9 heteroatoms. The van der Waals surface area contributed by atoms with Crippen LogP contribution in [0.3, 0.4) is 0 Å². The molecule has 2 aromatic carbocycles. The number of alkyl halides is 2. The number of carbonyl (C=O) groups excluding carboxylic acids is 1. The van der Waals surface area contributed by atoms with Gasteiger partial charge in [-0.3, -0.25) is 4.79 Å². The highest BCUT2D eigenvalue weighted by molar-refractivity contribution is 5.94. The van der Waals surface area contributed by atoms with Gasteiger partial charge in [-0.05, 0) is 61.2 Å². The number of hydrogen-bond donors (Lipinski definition) is 2. The summed E-state index contributed by atoms with van der Waals surface area (Å²) in [6, 6.07) is 14.1. The predicted molar refractivity (Wildman–Crippen MR) is 112 cm³/mol. The van der Waals surface area contributed by atoms with Gasteiger partial charge in [-0.25, -0.2) is 9.78 Å². The molecule has 2 aliphatic rings. The third-order valence-corrected chi connectivity index (χ3v) is 5.77. The number of fused-ring (bicyclic) bond motifs is 1. The molecule has 1 aliphatic heterocycles. The van der Waals surface area contributed by atoms with E-state index in [0.29, 0.717) is 29.7 Å². The van der Waals surface area contributed by atoms with Gasteiger partial charge in [0, 0.05) is 5.56 Å². The van der Waals surface area contributed by atoms with Gasteiger partial charge >= 0.3 is 12.3 Å². The largest absolute Gasteiger partial charge is 0.586 e. The minimum Gasteiger partial charge on any atom is -0.478 e. The first-order valence-electron chi connectivity index (χ1n) is 10.2. The Labute approximate surface area is 187 Å². The average Bonchev–Trinajstić information content (AvgIpc) is 3.48. The molecule has 1 amide bonds. The fourth-order valence-electron chi connectivity index (χ4n) is 3.89. The van der Waals surface area contributed by atoms with Gasteiger partial charge in [0.15, 0.2) is 11.5 Å². The number of carboxylic acid groups (broad SMARTS) is 1. The molecule has 0 bridgehead atoms. The Bertz CT molecular complexity index is 1300. The van der Waals surface area contributed by atoms with Crippen LogP contribution in [-0.4, -0.2) is 28.3 Å². The summed E-state index contributed by atoms with van der Waals surface area (Å²) in [5.74, 6) is -1.61. The van der Waals surface area contributed by atoms with Crippen molar-refractivity contribution in [1.82, 2.24) is 10.3 Å². The summed E-state index contributed by atoms with van der Waals surface area (Å²) in [5, 5.41) is 12.2. The number of pyridine rings is 1. The summed E-state index contributed by atoms with van der Waals surface area (Å²) >= 11 is 0. The van der Waals surface area contributed by atoms with E-state index in [4.69, 9.17) is 0 Å². The molecule has 1 saturated carbocycles. The van der Waals surface area contributed by atoms with Crippen LogP contribution in [0.4, 0.5) is 8.78 Å². The highest BCUT2D eigenvalue weighted by atomic mass is 19.3. The molecule has 7 nitrogen and oxygen atoms in total. The molecule has 5 rings (SSSR count). The Hall–Kier alpha value is -4.01. The van der Waals surface area contributed by atoms with E-state index in [1.807, 2.05) is 6.92 Å². The first kappa shape index (κ1) is 20.9. The lowest BCUT2D eigenvalue weighted by atomic mass is 10.0. The fraction of sp³-hybridized carbons (Fsp3) is 0.208. The van der Waals surface area contributed by atoms with E-state index in [-0.39, 0.29) is 22.8 Å². The first-order valence-corrected chi connectivity index (χ1v) is 10.2. The highest BCUT2D eigenvalue weighted by Gasteiger charge is 2.48. The van der Waals surface area contributed by atoms with Gasteiger partial charge in [0.1, 0.15) is 5.69 Å². The van der Waals surface area contributed by atoms with Gasteiger partial charge in [0.2, 0.25) is 0 Å². The SMILES string of the molecule is Cc1ccc(C(=O)NC2(c3ccc4c(c3)OC(F)(F)O4)CC2)nc1-c1cccc(C(=O)O)c1. The zero-order chi connectivity index (χ0) is 23.4. The maximum Gasteiger partial charge on any atom is 0.586 e. The number of aryl methyl sites for hydroxylation is 1. The van der Waals surface area contributed by atoms with Crippen molar-refractivity contribution in [1.29, 1.82) is 0 Å². The molecule has 0 atom stereocenters. The number of nitrogens with zero attached hydrogens (tertiary/aromatic N) is 1. The zero-order valence-corrected chi connectivity index (χ0v) is 17.4. The predicted octanol–water partition coefficient (Wildman–Crippen LogP) is 4.50. The topological polar surface area (TPSA) is 97.8 Å². The molecule has 0 saturated heterocycles. The Morgan fingerprint density at radius 2 is 1.79 bits per heavy atom. The van der Waals surface area contributed by atoms with Crippen LogP contribution < -0.4 is 14.8 Å². The first-order chi connectivity index (χ1) is 15.7. The van der Waals surface area contributed by atoms with E-state index >= 15 is 0 Å². The second-order valence-electron chi connectivity index (χ2n) is 8.11. The van der Waals surface area contributed by atoms with Crippen molar-refractivity contribution in [2.45, 2.75) is 31.6 Å². The van der Waals surface area contributed by atoms with Crippen LogP contribution >= 0.6 is 0 Å². The molecule has 1 aromatic heterocycles. The standard InChI is InChI=1S/C24H18F2N2O5/c1-13-5-7-17(27-20(13)14-3-2-4-15(11-14)22(30)31)21(29)28-23(9-10-23)16-6-8-18-19(12-16)33-24(25,26)32-18/h2-8,11-12H,9-10H2,1H3,(H,28,29)(H,30,31). The fourth-order valence-corrected chi connectivity index (χ4v) is 3.89. The number of rotatable bonds is 5. The number of carbonyl (C=O) groups is 2. The third kappa shape index (κ3) is 3.86. The molecule has 0 spiro atoms. The molecule has 1 fully saturated rings. The number of nitrogens with one attached hydrogen (secondary N) is 1. The van der Waals surface area contributed by atoms with E-state index in [0.717, 1.165) is 5.56 Å². The summed E-state index contributed by atoms with van der Waals surface area (Å²) in [6.07, 6.45) is -2.44. The number of carboxylic acids is 1. The molecular weight excluding hydrogens is 434 g/mol. The van der Waals surface area contributed by atoms with Crippen molar-refractivity contribution >= 4 is 11.9 Å². The summed E-state index contributed by atoms with van der Waals surface area (Å²) < 4.78 is 35.6. The number of ether oxygens (including phenoxy) is 2. The third-order valence-electron chi connectivity index (χ3n) is 5.77. The Morgan fingerprint density at radius 3 is 2.52 bits per heavy atom. The molecule has 0 unspecified atom stereocenters. The van der Waals surface area contributed by atoms with E-state index in [1.165, 1.54) is 24.3 Å². The van der Waals surface area contributed by atoms with E-state index in [2.05, 4.69) is 19.8 Å². The van der Waals surface area contributed by atoms with Gasteiger partial charge < -0.3 is 19.9 Å². The van der Waals surface area contributed by atoms with Crippen LogP contribution in [0.2, 0.25) is 0 Å². The molecule has 3 aromatic rings. The van der Waals surface area contributed by atoms with Crippen molar-refractivity contribution in [3.05, 3.63) is 77.0 Å². The summed E-state index contributed by atoms with van der Waals surface area (Å²) in [6.45, 7) is 1.82. The van der Waals surface area contributed by atoms with E-state index < -0.39 is 23.7 Å². The van der Waals surface area contributed by atoms with E-state index in [1.54, 1.807) is 30.3 Å². The van der Waals surface area contributed by atoms with Crippen molar-refractivity contribution in [2.24, 2.45) is 0 Å². The van der Waals surface area contributed by atoms with Crippen LogP contribution in [0.1, 0.15) is 44.8 Å². The minimum absolute atomic E-state index is 0.0562. The van der Waals surface area contributed by atoms with Crippen molar-refractivity contribution in [2.75, 3.05) is 0 Å².